The van der Waals surface area contributed by atoms with Crippen molar-refractivity contribution in [2.24, 2.45) is 0 Å². The van der Waals surface area contributed by atoms with E-state index in [1.54, 1.807) is 24.3 Å². The second-order valence-electron chi connectivity index (χ2n) is 5.24. The van der Waals surface area contributed by atoms with E-state index in [-0.39, 0.29) is 17.8 Å². The Kier molecular flexibility index (Phi) is 3.35. The Morgan fingerprint density at radius 1 is 1.08 bits per heavy atom. The number of aromatic nitrogens is 3. The van der Waals surface area contributed by atoms with Gasteiger partial charge in [0.15, 0.2) is 5.69 Å². The Bertz CT molecular complexity index is 1110. The summed E-state index contributed by atoms with van der Waals surface area (Å²) in [6.07, 6.45) is 0. The van der Waals surface area contributed by atoms with Crippen LogP contribution in [-0.4, -0.2) is 25.8 Å². The van der Waals surface area contributed by atoms with Gasteiger partial charge in [-0.3, -0.25) is 4.79 Å². The molecule has 4 aromatic rings. The van der Waals surface area contributed by atoms with Gasteiger partial charge in [0.2, 0.25) is 0 Å². The zero-order chi connectivity index (χ0) is 16.7. The molecule has 0 radical (unpaired) electrons. The van der Waals surface area contributed by atoms with Crippen LogP contribution in [0.1, 0.15) is 15.5 Å². The molecule has 0 amide bonds. The summed E-state index contributed by atoms with van der Waals surface area (Å²) in [5.41, 5.74) is 0.394. The Balaban J connectivity index is 1.88. The van der Waals surface area contributed by atoms with E-state index in [4.69, 9.17) is 0 Å². The predicted octanol–water partition coefficient (Wildman–Crippen LogP) is 2.75. The maximum absolute atomic E-state index is 12.6. The molecule has 118 valence electrons. The summed E-state index contributed by atoms with van der Waals surface area (Å²) in [4.78, 5) is 28.6. The maximum Gasteiger partial charge on any atom is 0.357 e. The van der Waals surface area contributed by atoms with Gasteiger partial charge in [-0.25, -0.2) is 14.5 Å². The summed E-state index contributed by atoms with van der Waals surface area (Å²) in [5.74, 6) is -1.16. The lowest BCUT2D eigenvalue weighted by Crippen LogP contribution is -2.26. The molecule has 0 fully saturated rings. The van der Waals surface area contributed by atoms with E-state index in [0.29, 0.717) is 15.8 Å². The predicted molar refractivity (Wildman–Crippen MR) is 91.7 cm³/mol. The van der Waals surface area contributed by atoms with Crippen molar-refractivity contribution in [1.29, 1.82) is 0 Å². The minimum Gasteiger partial charge on any atom is -0.476 e. The molecule has 0 saturated heterocycles. The van der Waals surface area contributed by atoms with Crippen molar-refractivity contribution in [3.8, 4) is 0 Å². The van der Waals surface area contributed by atoms with Crippen LogP contribution in [0.15, 0.2) is 53.3 Å². The van der Waals surface area contributed by atoms with Crippen LogP contribution >= 0.6 is 11.3 Å². The van der Waals surface area contributed by atoms with Gasteiger partial charge in [-0.1, -0.05) is 30.3 Å². The van der Waals surface area contributed by atoms with Crippen LogP contribution in [0.3, 0.4) is 0 Å². The molecule has 24 heavy (non-hydrogen) atoms. The molecule has 2 heterocycles. The van der Waals surface area contributed by atoms with Crippen molar-refractivity contribution in [2.45, 2.75) is 6.54 Å². The first-order chi connectivity index (χ1) is 11.6. The molecule has 6 nitrogen and oxygen atoms in total. The van der Waals surface area contributed by atoms with Gasteiger partial charge in [0.25, 0.3) is 5.56 Å². The molecule has 7 heteroatoms. The number of para-hydroxylation sites is 1. The van der Waals surface area contributed by atoms with Crippen molar-refractivity contribution in [1.82, 2.24) is 14.8 Å². The van der Waals surface area contributed by atoms with E-state index in [2.05, 4.69) is 10.1 Å². The van der Waals surface area contributed by atoms with E-state index >= 15 is 0 Å². The van der Waals surface area contributed by atoms with E-state index in [0.717, 1.165) is 10.2 Å². The smallest absolute Gasteiger partial charge is 0.357 e. The number of aromatic carboxylic acids is 1. The summed E-state index contributed by atoms with van der Waals surface area (Å²) in [5, 5.41) is 14.8. The fraction of sp³-hybridized carbons (Fsp3) is 0.0588. The summed E-state index contributed by atoms with van der Waals surface area (Å²) >= 11 is 1.46. The zero-order valence-electron chi connectivity index (χ0n) is 12.3. The Morgan fingerprint density at radius 2 is 1.79 bits per heavy atom. The third kappa shape index (κ3) is 2.35. The normalized spacial score (nSPS) is 11.2. The molecular formula is C17H11N3O3S. The number of nitrogens with zero attached hydrogens (tertiary/aromatic N) is 3. The van der Waals surface area contributed by atoms with Crippen LogP contribution in [0.25, 0.3) is 21.0 Å². The third-order valence-corrected chi connectivity index (χ3v) is 4.71. The summed E-state index contributed by atoms with van der Waals surface area (Å²) in [6, 6.07) is 14.3. The van der Waals surface area contributed by atoms with Gasteiger partial charge in [-0.2, -0.15) is 5.10 Å². The molecule has 0 aliphatic rings. The number of rotatable bonds is 3. The first kappa shape index (κ1) is 14.5. The van der Waals surface area contributed by atoms with Gasteiger partial charge in [0.05, 0.1) is 22.1 Å². The average molecular weight is 337 g/mol. The second-order valence-corrected chi connectivity index (χ2v) is 6.35. The molecule has 0 spiro atoms. The van der Waals surface area contributed by atoms with Gasteiger partial charge < -0.3 is 5.11 Å². The number of carbonyl (C=O) groups is 1. The molecule has 0 saturated carbocycles. The van der Waals surface area contributed by atoms with Crippen molar-refractivity contribution in [3.05, 3.63) is 69.6 Å². The SMILES string of the molecule is O=C(O)c1nn(Cc2nc3ccccc3s2)c(=O)c2ccccc12. The summed E-state index contributed by atoms with van der Waals surface area (Å²) in [6.45, 7) is 0.142. The highest BCUT2D eigenvalue weighted by Crippen LogP contribution is 2.22. The fourth-order valence-corrected chi connectivity index (χ4v) is 3.57. The van der Waals surface area contributed by atoms with Gasteiger partial charge in [-0.15, -0.1) is 11.3 Å². The van der Waals surface area contributed by atoms with Crippen molar-refractivity contribution in [2.75, 3.05) is 0 Å². The second kappa shape index (κ2) is 5.54. The van der Waals surface area contributed by atoms with Gasteiger partial charge in [-0.05, 0) is 18.2 Å². The molecule has 0 bridgehead atoms. The molecule has 2 aromatic heterocycles. The fourth-order valence-electron chi connectivity index (χ4n) is 2.62. The number of hydrogen-bond acceptors (Lipinski definition) is 5. The molecular weight excluding hydrogens is 326 g/mol. The molecule has 0 aliphatic carbocycles. The largest absolute Gasteiger partial charge is 0.476 e. The number of fused-ring (bicyclic) bond motifs is 2. The maximum atomic E-state index is 12.6. The molecule has 0 atom stereocenters. The minimum atomic E-state index is -1.16. The monoisotopic (exact) mass is 337 g/mol. The van der Waals surface area contributed by atoms with Crippen LogP contribution in [0.5, 0.6) is 0 Å². The quantitative estimate of drug-likeness (QED) is 0.621. The lowest BCUT2D eigenvalue weighted by molar-refractivity contribution is 0.0690. The molecule has 2 aromatic carbocycles. The number of thiazole rings is 1. The average Bonchev–Trinajstić information content (AvgIpc) is 2.99. The summed E-state index contributed by atoms with van der Waals surface area (Å²) < 4.78 is 2.18. The third-order valence-electron chi connectivity index (χ3n) is 3.69. The van der Waals surface area contributed by atoms with Crippen molar-refractivity contribution < 1.29 is 9.90 Å². The van der Waals surface area contributed by atoms with Crippen molar-refractivity contribution in [3.63, 3.8) is 0 Å². The lowest BCUT2D eigenvalue weighted by atomic mass is 10.1. The van der Waals surface area contributed by atoms with E-state index in [9.17, 15) is 14.7 Å². The molecule has 0 unspecified atom stereocenters. The standard InChI is InChI=1S/C17H11N3O3S/c21-16-11-6-2-1-5-10(11)15(17(22)23)19-20(16)9-14-18-12-7-3-4-8-13(12)24-14/h1-8H,9H2,(H,22,23). The van der Waals surface area contributed by atoms with Crippen LogP contribution in [0, 0.1) is 0 Å². The first-order valence-electron chi connectivity index (χ1n) is 7.21. The number of benzene rings is 2. The number of carboxylic acid groups (broad SMARTS) is 1. The molecule has 4 rings (SSSR count). The zero-order valence-corrected chi connectivity index (χ0v) is 13.2. The highest BCUT2D eigenvalue weighted by Gasteiger charge is 2.16. The first-order valence-corrected chi connectivity index (χ1v) is 8.03. The van der Waals surface area contributed by atoms with Crippen LogP contribution in [-0.2, 0) is 6.54 Å². The van der Waals surface area contributed by atoms with Crippen LogP contribution < -0.4 is 5.56 Å². The van der Waals surface area contributed by atoms with Gasteiger partial charge in [0.1, 0.15) is 5.01 Å². The Morgan fingerprint density at radius 3 is 2.54 bits per heavy atom. The van der Waals surface area contributed by atoms with E-state index in [1.807, 2.05) is 24.3 Å². The molecule has 1 N–H and O–H groups in total. The van der Waals surface area contributed by atoms with Crippen molar-refractivity contribution >= 4 is 38.3 Å². The highest BCUT2D eigenvalue weighted by atomic mass is 32.1. The Hall–Kier alpha value is -3.06. The topological polar surface area (TPSA) is 85.1 Å². The van der Waals surface area contributed by atoms with Crippen LogP contribution in [0.4, 0.5) is 0 Å². The van der Waals surface area contributed by atoms with E-state index in [1.165, 1.54) is 16.0 Å². The molecule has 0 aliphatic heterocycles. The Labute approximate surface area is 139 Å². The number of carboxylic acids is 1. The van der Waals surface area contributed by atoms with Crippen LogP contribution in [0.2, 0.25) is 0 Å². The van der Waals surface area contributed by atoms with Gasteiger partial charge in [0, 0.05) is 5.39 Å². The van der Waals surface area contributed by atoms with Gasteiger partial charge >= 0.3 is 5.97 Å². The number of hydrogen-bond donors (Lipinski definition) is 1. The lowest BCUT2D eigenvalue weighted by Gasteiger charge is -2.07. The van der Waals surface area contributed by atoms with E-state index < -0.39 is 5.97 Å². The minimum absolute atomic E-state index is 0.133. The highest BCUT2D eigenvalue weighted by molar-refractivity contribution is 7.18. The summed E-state index contributed by atoms with van der Waals surface area (Å²) in [7, 11) is 0.